The molecule has 0 aliphatic carbocycles. The predicted octanol–water partition coefficient (Wildman–Crippen LogP) is 1.64. The van der Waals surface area contributed by atoms with Gasteiger partial charge in [-0.2, -0.15) is 4.80 Å². The Morgan fingerprint density at radius 3 is 2.54 bits per heavy atom. The summed E-state index contributed by atoms with van der Waals surface area (Å²) in [6, 6.07) is 14.2. The SMILES string of the molecule is CCc1ccccc1NC(=O)Cn1nnc(-c2ccc(C(N)=O)cc2)n1. The summed E-state index contributed by atoms with van der Waals surface area (Å²) in [4.78, 5) is 24.5. The quantitative estimate of drug-likeness (QED) is 0.701. The van der Waals surface area contributed by atoms with Crippen LogP contribution < -0.4 is 11.1 Å². The Kier molecular flexibility index (Phi) is 5.02. The zero-order valence-electron chi connectivity index (χ0n) is 14.2. The lowest BCUT2D eigenvalue weighted by atomic mass is 10.1. The molecule has 3 rings (SSSR count). The second-order valence-electron chi connectivity index (χ2n) is 5.64. The number of benzene rings is 2. The average molecular weight is 350 g/mol. The lowest BCUT2D eigenvalue weighted by molar-refractivity contribution is -0.117. The van der Waals surface area contributed by atoms with Crippen LogP contribution in [0.15, 0.2) is 48.5 Å². The highest BCUT2D eigenvalue weighted by molar-refractivity contribution is 5.93. The highest BCUT2D eigenvalue weighted by atomic mass is 16.2. The molecule has 2 amide bonds. The van der Waals surface area contributed by atoms with Crippen LogP contribution >= 0.6 is 0 Å². The lowest BCUT2D eigenvalue weighted by Crippen LogP contribution is -2.21. The van der Waals surface area contributed by atoms with Gasteiger partial charge in [-0.15, -0.1) is 10.2 Å². The molecule has 0 saturated carbocycles. The molecule has 3 aromatic rings. The maximum atomic E-state index is 12.2. The molecular formula is C18H18N6O2. The molecule has 0 saturated heterocycles. The van der Waals surface area contributed by atoms with Gasteiger partial charge in [-0.25, -0.2) is 0 Å². The van der Waals surface area contributed by atoms with E-state index < -0.39 is 5.91 Å². The van der Waals surface area contributed by atoms with E-state index >= 15 is 0 Å². The van der Waals surface area contributed by atoms with Crippen molar-refractivity contribution in [1.82, 2.24) is 20.2 Å². The zero-order chi connectivity index (χ0) is 18.5. The van der Waals surface area contributed by atoms with Crippen LogP contribution in [0.2, 0.25) is 0 Å². The van der Waals surface area contributed by atoms with Crippen LogP contribution in [-0.4, -0.2) is 32.0 Å². The molecule has 0 aliphatic rings. The van der Waals surface area contributed by atoms with E-state index in [-0.39, 0.29) is 12.5 Å². The average Bonchev–Trinajstić information content (AvgIpc) is 3.10. The van der Waals surface area contributed by atoms with Gasteiger partial charge in [0.1, 0.15) is 6.54 Å². The molecule has 1 aromatic heterocycles. The van der Waals surface area contributed by atoms with Crippen molar-refractivity contribution in [1.29, 1.82) is 0 Å². The molecule has 1 heterocycles. The highest BCUT2D eigenvalue weighted by Gasteiger charge is 2.11. The van der Waals surface area contributed by atoms with Gasteiger partial charge in [-0.1, -0.05) is 37.3 Å². The van der Waals surface area contributed by atoms with E-state index in [0.717, 1.165) is 17.7 Å². The fourth-order valence-electron chi connectivity index (χ4n) is 2.48. The number of anilines is 1. The number of aryl methyl sites for hydroxylation is 1. The van der Waals surface area contributed by atoms with Crippen LogP contribution in [0.5, 0.6) is 0 Å². The van der Waals surface area contributed by atoms with Crippen LogP contribution in [0.25, 0.3) is 11.4 Å². The largest absolute Gasteiger partial charge is 0.366 e. The maximum absolute atomic E-state index is 12.2. The Morgan fingerprint density at radius 2 is 1.85 bits per heavy atom. The summed E-state index contributed by atoms with van der Waals surface area (Å²) in [6.45, 7) is 1.98. The Balaban J connectivity index is 1.68. The minimum Gasteiger partial charge on any atom is -0.366 e. The first-order valence-corrected chi connectivity index (χ1v) is 8.12. The molecule has 132 valence electrons. The van der Waals surface area contributed by atoms with E-state index in [1.165, 1.54) is 4.80 Å². The third kappa shape index (κ3) is 3.92. The third-order valence-electron chi connectivity index (χ3n) is 3.84. The van der Waals surface area contributed by atoms with E-state index in [2.05, 4.69) is 20.7 Å². The van der Waals surface area contributed by atoms with Gasteiger partial charge in [0, 0.05) is 16.8 Å². The van der Waals surface area contributed by atoms with Gasteiger partial charge in [-0.3, -0.25) is 9.59 Å². The highest BCUT2D eigenvalue weighted by Crippen LogP contribution is 2.16. The second kappa shape index (κ2) is 7.56. The van der Waals surface area contributed by atoms with Crippen LogP contribution in [-0.2, 0) is 17.8 Å². The number of para-hydroxylation sites is 1. The van der Waals surface area contributed by atoms with Crippen LogP contribution in [0.4, 0.5) is 5.69 Å². The van der Waals surface area contributed by atoms with Gasteiger partial charge < -0.3 is 11.1 Å². The summed E-state index contributed by atoms with van der Waals surface area (Å²) < 4.78 is 0. The van der Waals surface area contributed by atoms with E-state index in [0.29, 0.717) is 17.0 Å². The molecule has 3 N–H and O–H groups in total. The summed E-state index contributed by atoms with van der Waals surface area (Å²) in [6.07, 6.45) is 0.823. The number of carbonyl (C=O) groups excluding carboxylic acids is 2. The number of tetrazole rings is 1. The van der Waals surface area contributed by atoms with E-state index in [1.54, 1.807) is 24.3 Å². The molecule has 0 radical (unpaired) electrons. The summed E-state index contributed by atoms with van der Waals surface area (Å²) in [5.41, 5.74) is 8.13. The first kappa shape index (κ1) is 17.3. The van der Waals surface area contributed by atoms with Crippen LogP contribution in [0.3, 0.4) is 0 Å². The van der Waals surface area contributed by atoms with Gasteiger partial charge in [0.2, 0.25) is 17.6 Å². The van der Waals surface area contributed by atoms with Crippen molar-refractivity contribution in [2.24, 2.45) is 5.73 Å². The number of carbonyl (C=O) groups is 2. The Labute approximate surface area is 150 Å². The van der Waals surface area contributed by atoms with Gasteiger partial charge in [0.05, 0.1) is 0 Å². The maximum Gasteiger partial charge on any atom is 0.248 e. The van der Waals surface area contributed by atoms with E-state index in [4.69, 9.17) is 5.73 Å². The Morgan fingerprint density at radius 1 is 1.12 bits per heavy atom. The minimum absolute atomic E-state index is 0.0512. The van der Waals surface area contributed by atoms with Crippen molar-refractivity contribution < 1.29 is 9.59 Å². The molecule has 0 atom stereocenters. The van der Waals surface area contributed by atoms with Crippen LogP contribution in [0, 0.1) is 0 Å². The molecule has 0 aliphatic heterocycles. The van der Waals surface area contributed by atoms with Gasteiger partial charge >= 0.3 is 0 Å². The minimum atomic E-state index is -0.503. The number of primary amides is 1. The fourth-order valence-corrected chi connectivity index (χ4v) is 2.48. The Hall–Kier alpha value is -3.55. The fraction of sp³-hybridized carbons (Fsp3) is 0.167. The van der Waals surface area contributed by atoms with Crippen molar-refractivity contribution in [3.63, 3.8) is 0 Å². The summed E-state index contributed by atoms with van der Waals surface area (Å²) in [7, 11) is 0. The number of hydrogen-bond acceptors (Lipinski definition) is 5. The number of nitrogens with one attached hydrogen (secondary N) is 1. The first-order valence-electron chi connectivity index (χ1n) is 8.12. The molecule has 0 spiro atoms. The monoisotopic (exact) mass is 350 g/mol. The van der Waals surface area contributed by atoms with Crippen molar-refractivity contribution in [3.05, 3.63) is 59.7 Å². The number of hydrogen-bond donors (Lipinski definition) is 2. The topological polar surface area (TPSA) is 116 Å². The summed E-state index contributed by atoms with van der Waals surface area (Å²) in [5.74, 6) is -0.376. The molecular weight excluding hydrogens is 332 g/mol. The number of nitrogens with two attached hydrogens (primary N) is 1. The van der Waals surface area contributed by atoms with Crippen molar-refractivity contribution in [3.8, 4) is 11.4 Å². The predicted molar refractivity (Wildman–Crippen MR) is 96.2 cm³/mol. The van der Waals surface area contributed by atoms with Crippen molar-refractivity contribution in [2.45, 2.75) is 19.9 Å². The normalized spacial score (nSPS) is 10.5. The van der Waals surface area contributed by atoms with Gasteiger partial charge in [-0.05, 0) is 35.4 Å². The van der Waals surface area contributed by atoms with E-state index in [1.807, 2.05) is 31.2 Å². The number of rotatable bonds is 6. The van der Waals surface area contributed by atoms with Crippen molar-refractivity contribution >= 4 is 17.5 Å². The number of aromatic nitrogens is 4. The molecule has 8 nitrogen and oxygen atoms in total. The Bertz CT molecular complexity index is 933. The van der Waals surface area contributed by atoms with Gasteiger partial charge in [0.25, 0.3) is 0 Å². The van der Waals surface area contributed by atoms with Crippen molar-refractivity contribution in [2.75, 3.05) is 5.32 Å². The molecule has 0 unspecified atom stereocenters. The molecule has 8 heteroatoms. The summed E-state index contributed by atoms with van der Waals surface area (Å²) in [5, 5.41) is 14.9. The summed E-state index contributed by atoms with van der Waals surface area (Å²) >= 11 is 0. The molecule has 0 bridgehead atoms. The first-order chi connectivity index (χ1) is 12.6. The zero-order valence-corrected chi connectivity index (χ0v) is 14.2. The number of amides is 2. The smallest absolute Gasteiger partial charge is 0.248 e. The molecule has 0 fully saturated rings. The standard InChI is InChI=1S/C18H18N6O2/c1-2-12-5-3-4-6-15(12)20-16(25)11-24-22-18(21-23-24)14-9-7-13(8-10-14)17(19)26/h3-10H,2,11H2,1H3,(H2,19,26)(H,20,25). The van der Waals surface area contributed by atoms with E-state index in [9.17, 15) is 9.59 Å². The lowest BCUT2D eigenvalue weighted by Gasteiger charge is -2.08. The second-order valence-corrected chi connectivity index (χ2v) is 5.64. The number of nitrogens with zero attached hydrogens (tertiary/aromatic N) is 4. The molecule has 26 heavy (non-hydrogen) atoms. The third-order valence-corrected chi connectivity index (χ3v) is 3.84. The molecule has 2 aromatic carbocycles. The van der Waals surface area contributed by atoms with Gasteiger partial charge in [0.15, 0.2) is 0 Å². The van der Waals surface area contributed by atoms with Crippen LogP contribution in [0.1, 0.15) is 22.8 Å².